The Bertz CT molecular complexity index is 1150. The molecule has 3 aromatic rings. The summed E-state index contributed by atoms with van der Waals surface area (Å²) >= 11 is 6.08. The van der Waals surface area contributed by atoms with Crippen LogP contribution in [0.1, 0.15) is 51.3 Å². The molecule has 3 rings (SSSR count). The molecule has 0 aliphatic heterocycles. The van der Waals surface area contributed by atoms with Gasteiger partial charge < -0.3 is 15.0 Å². The molecule has 0 saturated heterocycles. The molecule has 0 radical (unpaired) electrons. The normalized spacial score (nSPS) is 12.2. The van der Waals surface area contributed by atoms with Gasteiger partial charge in [-0.05, 0) is 60.2 Å². The Morgan fingerprint density at radius 3 is 2.08 bits per heavy atom. The number of benzene rings is 3. The Kier molecular flexibility index (Phi) is 9.76. The van der Waals surface area contributed by atoms with Crippen LogP contribution in [-0.2, 0) is 28.0 Å². The first-order valence-corrected chi connectivity index (χ1v) is 13.0. The first kappa shape index (κ1) is 28.3. The number of halogens is 1. The molecule has 1 unspecified atom stereocenters. The van der Waals surface area contributed by atoms with E-state index in [9.17, 15) is 9.59 Å². The van der Waals surface area contributed by atoms with E-state index in [1.54, 1.807) is 17.0 Å². The van der Waals surface area contributed by atoms with Crippen LogP contribution in [0.5, 0.6) is 5.75 Å². The minimum absolute atomic E-state index is 0.0260. The topological polar surface area (TPSA) is 58.6 Å². The van der Waals surface area contributed by atoms with Crippen molar-refractivity contribution in [2.24, 2.45) is 0 Å². The number of carbonyl (C=O) groups is 2. The maximum Gasteiger partial charge on any atom is 0.261 e. The summed E-state index contributed by atoms with van der Waals surface area (Å²) in [5.41, 5.74) is 3.06. The fraction of sp³-hybridized carbons (Fsp3) is 0.355. The van der Waals surface area contributed by atoms with Gasteiger partial charge in [-0.3, -0.25) is 9.59 Å². The third kappa shape index (κ3) is 8.64. The average Bonchev–Trinajstić information content (AvgIpc) is 2.85. The molecule has 0 aromatic heterocycles. The van der Waals surface area contributed by atoms with Gasteiger partial charge >= 0.3 is 0 Å². The summed E-state index contributed by atoms with van der Waals surface area (Å²) in [6.45, 7) is 10.3. The second-order valence-electron chi connectivity index (χ2n) is 10.6. The molecule has 2 amide bonds. The highest BCUT2D eigenvalue weighted by Crippen LogP contribution is 2.24. The lowest BCUT2D eigenvalue weighted by Gasteiger charge is -2.32. The molecule has 0 aliphatic rings. The second kappa shape index (κ2) is 12.8. The number of ether oxygens (including phenoxy) is 1. The van der Waals surface area contributed by atoms with Crippen molar-refractivity contribution in [2.75, 3.05) is 6.61 Å². The highest BCUT2D eigenvalue weighted by Gasteiger charge is 2.31. The summed E-state index contributed by atoms with van der Waals surface area (Å²) in [6.07, 6.45) is 0.388. The fourth-order valence-electron chi connectivity index (χ4n) is 4.00. The molecule has 0 heterocycles. The monoisotopic (exact) mass is 520 g/mol. The summed E-state index contributed by atoms with van der Waals surface area (Å²) in [7, 11) is 0. The third-order valence-electron chi connectivity index (χ3n) is 6.05. The summed E-state index contributed by atoms with van der Waals surface area (Å²) in [5, 5.41) is 3.61. The SMILES string of the molecule is CC(C)NC(=O)C(Cc1ccccc1)N(Cc1ccc(Cl)cc1)C(=O)COc1ccc(C(C)(C)C)cc1. The Morgan fingerprint density at radius 2 is 1.51 bits per heavy atom. The Balaban J connectivity index is 1.87. The van der Waals surface area contributed by atoms with E-state index in [2.05, 4.69) is 26.1 Å². The van der Waals surface area contributed by atoms with E-state index in [1.165, 1.54) is 5.56 Å². The third-order valence-corrected chi connectivity index (χ3v) is 6.30. The molecule has 5 nitrogen and oxygen atoms in total. The Labute approximate surface area is 225 Å². The lowest BCUT2D eigenvalue weighted by molar-refractivity contribution is -0.143. The van der Waals surface area contributed by atoms with Crippen LogP contribution in [0, 0.1) is 0 Å². The van der Waals surface area contributed by atoms with Crippen LogP contribution in [0.15, 0.2) is 78.9 Å². The molecule has 0 saturated carbocycles. The van der Waals surface area contributed by atoms with Crippen molar-refractivity contribution in [3.8, 4) is 5.75 Å². The molecule has 196 valence electrons. The number of hydrogen-bond acceptors (Lipinski definition) is 3. The minimum Gasteiger partial charge on any atom is -0.484 e. The minimum atomic E-state index is -0.708. The number of nitrogens with one attached hydrogen (secondary N) is 1. The van der Waals surface area contributed by atoms with Gasteiger partial charge in [-0.25, -0.2) is 0 Å². The Hall–Kier alpha value is -3.31. The molecule has 1 atom stereocenters. The van der Waals surface area contributed by atoms with Crippen LogP contribution >= 0.6 is 11.6 Å². The van der Waals surface area contributed by atoms with E-state index >= 15 is 0 Å². The van der Waals surface area contributed by atoms with Crippen molar-refractivity contribution in [2.45, 2.75) is 65.1 Å². The highest BCUT2D eigenvalue weighted by atomic mass is 35.5. The summed E-state index contributed by atoms with van der Waals surface area (Å²) < 4.78 is 5.89. The summed E-state index contributed by atoms with van der Waals surface area (Å²) in [4.78, 5) is 28.6. The molecule has 0 spiro atoms. The van der Waals surface area contributed by atoms with Gasteiger partial charge in [0.1, 0.15) is 11.8 Å². The smallest absolute Gasteiger partial charge is 0.261 e. The molecule has 0 bridgehead atoms. The number of carbonyl (C=O) groups excluding carboxylic acids is 2. The number of amides is 2. The van der Waals surface area contributed by atoms with Crippen LogP contribution in [0.4, 0.5) is 0 Å². The molecule has 0 aliphatic carbocycles. The van der Waals surface area contributed by atoms with Gasteiger partial charge in [-0.2, -0.15) is 0 Å². The van der Waals surface area contributed by atoms with Crippen LogP contribution in [0.2, 0.25) is 5.02 Å². The van der Waals surface area contributed by atoms with Gasteiger partial charge in [0.15, 0.2) is 6.61 Å². The lowest BCUT2D eigenvalue weighted by atomic mass is 9.87. The predicted octanol–water partition coefficient (Wildman–Crippen LogP) is 6.18. The fourth-order valence-corrected chi connectivity index (χ4v) is 4.13. The van der Waals surface area contributed by atoms with E-state index in [-0.39, 0.29) is 36.4 Å². The predicted molar refractivity (Wildman–Crippen MR) is 150 cm³/mol. The highest BCUT2D eigenvalue weighted by molar-refractivity contribution is 6.30. The van der Waals surface area contributed by atoms with Gasteiger partial charge in [0.05, 0.1) is 0 Å². The maximum atomic E-state index is 13.6. The van der Waals surface area contributed by atoms with Crippen LogP contribution in [0.3, 0.4) is 0 Å². The van der Waals surface area contributed by atoms with Crippen molar-refractivity contribution in [3.05, 3.63) is 101 Å². The van der Waals surface area contributed by atoms with Gasteiger partial charge in [-0.1, -0.05) is 87.0 Å². The molecule has 37 heavy (non-hydrogen) atoms. The van der Waals surface area contributed by atoms with E-state index in [0.717, 1.165) is 11.1 Å². The lowest BCUT2D eigenvalue weighted by Crippen LogP contribution is -2.52. The number of nitrogens with zero attached hydrogens (tertiary/aromatic N) is 1. The van der Waals surface area contributed by atoms with E-state index < -0.39 is 6.04 Å². The largest absolute Gasteiger partial charge is 0.484 e. The van der Waals surface area contributed by atoms with Gasteiger partial charge in [0.25, 0.3) is 5.91 Å². The van der Waals surface area contributed by atoms with Crippen molar-refractivity contribution in [1.82, 2.24) is 10.2 Å². The Morgan fingerprint density at radius 1 is 0.892 bits per heavy atom. The van der Waals surface area contributed by atoms with Crippen molar-refractivity contribution in [1.29, 1.82) is 0 Å². The maximum absolute atomic E-state index is 13.6. The van der Waals surface area contributed by atoms with Crippen molar-refractivity contribution in [3.63, 3.8) is 0 Å². The standard InChI is InChI=1S/C31H37ClN2O3/c1-22(2)33-30(36)28(19-23-9-7-6-8-10-23)34(20-24-11-15-26(32)16-12-24)29(35)21-37-27-17-13-25(14-18-27)31(3,4)5/h6-18,22,28H,19-21H2,1-5H3,(H,33,36). The van der Waals surface area contributed by atoms with Crippen LogP contribution < -0.4 is 10.1 Å². The molecule has 3 aromatic carbocycles. The molecule has 6 heteroatoms. The van der Waals surface area contributed by atoms with Crippen LogP contribution in [-0.4, -0.2) is 35.4 Å². The number of hydrogen-bond donors (Lipinski definition) is 1. The van der Waals surface area contributed by atoms with Gasteiger partial charge in [0.2, 0.25) is 5.91 Å². The summed E-state index contributed by atoms with van der Waals surface area (Å²) in [6, 6.07) is 24.1. The zero-order valence-electron chi connectivity index (χ0n) is 22.3. The van der Waals surface area contributed by atoms with E-state index in [0.29, 0.717) is 17.2 Å². The van der Waals surface area contributed by atoms with Gasteiger partial charge in [-0.15, -0.1) is 0 Å². The first-order chi connectivity index (χ1) is 17.5. The van der Waals surface area contributed by atoms with Crippen LogP contribution in [0.25, 0.3) is 0 Å². The molecule has 1 N–H and O–H groups in total. The molecule has 0 fully saturated rings. The number of rotatable bonds is 10. The zero-order valence-corrected chi connectivity index (χ0v) is 23.1. The molecular weight excluding hydrogens is 484 g/mol. The quantitative estimate of drug-likeness (QED) is 0.347. The zero-order chi connectivity index (χ0) is 27.0. The summed E-state index contributed by atoms with van der Waals surface area (Å²) in [5.74, 6) is 0.143. The van der Waals surface area contributed by atoms with Crippen molar-refractivity contribution < 1.29 is 14.3 Å². The average molecular weight is 521 g/mol. The van der Waals surface area contributed by atoms with Crippen molar-refractivity contribution >= 4 is 23.4 Å². The first-order valence-electron chi connectivity index (χ1n) is 12.6. The van der Waals surface area contributed by atoms with E-state index in [1.807, 2.05) is 80.6 Å². The van der Waals surface area contributed by atoms with Gasteiger partial charge in [0, 0.05) is 24.0 Å². The second-order valence-corrected chi connectivity index (χ2v) is 11.0. The molecular formula is C31H37ClN2O3. The van der Waals surface area contributed by atoms with E-state index in [4.69, 9.17) is 16.3 Å².